The summed E-state index contributed by atoms with van der Waals surface area (Å²) < 4.78 is 9.92. The van der Waals surface area contributed by atoms with Gasteiger partial charge >= 0.3 is 0 Å². The number of thiophene rings is 1. The summed E-state index contributed by atoms with van der Waals surface area (Å²) in [4.78, 5) is 3.46. The SMILES string of the molecule is Brc1ccc(-c2ccc(N(c3ccccc3)c3ccccc3)s2)c2nsnc12. The molecule has 0 saturated carbocycles. The molecule has 2 heterocycles. The van der Waals surface area contributed by atoms with Crippen molar-refractivity contribution in [2.24, 2.45) is 0 Å². The number of rotatable bonds is 4. The van der Waals surface area contributed by atoms with Crippen LogP contribution in [0.3, 0.4) is 0 Å². The smallest absolute Gasteiger partial charge is 0.119 e. The van der Waals surface area contributed by atoms with Crippen LogP contribution < -0.4 is 4.90 Å². The van der Waals surface area contributed by atoms with Gasteiger partial charge in [0.15, 0.2) is 0 Å². The second-order valence-corrected chi connectivity index (χ2v) is 8.65. The van der Waals surface area contributed by atoms with Crippen LogP contribution in [-0.4, -0.2) is 8.75 Å². The van der Waals surface area contributed by atoms with Gasteiger partial charge in [0.2, 0.25) is 0 Å². The minimum atomic E-state index is 0.917. The molecule has 5 aromatic rings. The minimum Gasteiger partial charge on any atom is -0.302 e. The van der Waals surface area contributed by atoms with Gasteiger partial charge < -0.3 is 4.90 Å². The average molecular weight is 464 g/mol. The molecular weight excluding hydrogens is 450 g/mol. The number of halogens is 1. The Hall–Kier alpha value is -2.54. The third-order valence-corrected chi connectivity index (χ3v) is 6.74. The normalized spacial score (nSPS) is 11.0. The average Bonchev–Trinajstić information content (AvgIpc) is 3.41. The van der Waals surface area contributed by atoms with Crippen molar-refractivity contribution >= 4 is 66.4 Å². The predicted octanol–water partition coefficient (Wildman–Crippen LogP) is 7.65. The lowest BCUT2D eigenvalue weighted by molar-refractivity contribution is 1.32. The number of benzene rings is 3. The maximum atomic E-state index is 4.52. The minimum absolute atomic E-state index is 0.917. The van der Waals surface area contributed by atoms with Crippen LogP contribution in [0.1, 0.15) is 0 Å². The van der Waals surface area contributed by atoms with Crippen molar-refractivity contribution in [2.45, 2.75) is 0 Å². The highest BCUT2D eigenvalue weighted by atomic mass is 79.9. The fraction of sp³-hybridized carbons (Fsp3) is 0. The highest BCUT2D eigenvalue weighted by molar-refractivity contribution is 9.10. The summed E-state index contributed by atoms with van der Waals surface area (Å²) >= 11 is 6.57. The highest BCUT2D eigenvalue weighted by Crippen LogP contribution is 2.43. The molecule has 5 rings (SSSR count). The summed E-state index contributed by atoms with van der Waals surface area (Å²) in [6.45, 7) is 0. The Labute approximate surface area is 179 Å². The van der Waals surface area contributed by atoms with E-state index in [-0.39, 0.29) is 0 Å². The summed E-state index contributed by atoms with van der Waals surface area (Å²) in [6, 6.07) is 29.4. The topological polar surface area (TPSA) is 29.0 Å². The molecule has 28 heavy (non-hydrogen) atoms. The van der Waals surface area contributed by atoms with Crippen molar-refractivity contribution in [3.8, 4) is 10.4 Å². The zero-order chi connectivity index (χ0) is 18.9. The van der Waals surface area contributed by atoms with Crippen LogP contribution >= 0.6 is 39.0 Å². The predicted molar refractivity (Wildman–Crippen MR) is 123 cm³/mol. The van der Waals surface area contributed by atoms with Gasteiger partial charge in [-0.3, -0.25) is 0 Å². The van der Waals surface area contributed by atoms with E-state index in [4.69, 9.17) is 0 Å². The molecule has 0 saturated heterocycles. The first-order chi connectivity index (χ1) is 13.8. The van der Waals surface area contributed by atoms with Crippen LogP contribution in [0, 0.1) is 0 Å². The lowest BCUT2D eigenvalue weighted by Crippen LogP contribution is -2.07. The number of anilines is 3. The standard InChI is InChI=1S/C22H14BrN3S2/c23-18-12-11-17(21-22(18)25-28-24-21)19-13-14-20(27-19)26(15-7-3-1-4-8-15)16-9-5-2-6-10-16/h1-14H. The number of fused-ring (bicyclic) bond motifs is 1. The van der Waals surface area contributed by atoms with Crippen molar-refractivity contribution < 1.29 is 0 Å². The molecule has 0 spiro atoms. The summed E-state index contributed by atoms with van der Waals surface area (Å²) in [5, 5.41) is 1.16. The summed E-state index contributed by atoms with van der Waals surface area (Å²) in [5.41, 5.74) is 5.25. The fourth-order valence-electron chi connectivity index (χ4n) is 3.19. The molecule has 0 bridgehead atoms. The van der Waals surface area contributed by atoms with E-state index >= 15 is 0 Å². The number of aromatic nitrogens is 2. The Bertz CT molecular complexity index is 1190. The Morgan fingerprint density at radius 1 is 0.679 bits per heavy atom. The molecule has 0 unspecified atom stereocenters. The molecule has 0 aliphatic rings. The molecular formula is C22H14BrN3S2. The van der Waals surface area contributed by atoms with Crippen molar-refractivity contribution in [1.29, 1.82) is 0 Å². The molecule has 3 aromatic carbocycles. The summed E-state index contributed by atoms with van der Waals surface area (Å²) in [7, 11) is 0. The van der Waals surface area contributed by atoms with Gasteiger partial charge in [-0.05, 0) is 58.4 Å². The largest absolute Gasteiger partial charge is 0.302 e. The molecule has 0 aliphatic heterocycles. The molecule has 136 valence electrons. The van der Waals surface area contributed by atoms with E-state index in [0.717, 1.165) is 37.4 Å². The number of hydrogen-bond acceptors (Lipinski definition) is 5. The Kier molecular flexibility index (Phi) is 4.68. The van der Waals surface area contributed by atoms with Crippen molar-refractivity contribution in [3.63, 3.8) is 0 Å². The van der Waals surface area contributed by atoms with E-state index in [0.29, 0.717) is 0 Å². The van der Waals surface area contributed by atoms with Gasteiger partial charge in [0, 0.05) is 26.3 Å². The highest BCUT2D eigenvalue weighted by Gasteiger charge is 2.17. The quantitative estimate of drug-likeness (QED) is 0.274. The third kappa shape index (κ3) is 3.13. The zero-order valence-corrected chi connectivity index (χ0v) is 17.8. The van der Waals surface area contributed by atoms with Crippen LogP contribution in [0.5, 0.6) is 0 Å². The summed E-state index contributed by atoms with van der Waals surface area (Å²) in [6.07, 6.45) is 0. The Morgan fingerprint density at radius 2 is 1.32 bits per heavy atom. The van der Waals surface area contributed by atoms with E-state index in [9.17, 15) is 0 Å². The molecule has 6 heteroatoms. The van der Waals surface area contributed by atoms with E-state index in [1.54, 1.807) is 11.3 Å². The molecule has 0 atom stereocenters. The van der Waals surface area contributed by atoms with Crippen molar-refractivity contribution in [2.75, 3.05) is 4.90 Å². The van der Waals surface area contributed by atoms with Crippen molar-refractivity contribution in [1.82, 2.24) is 8.75 Å². The molecule has 0 aliphatic carbocycles. The van der Waals surface area contributed by atoms with Crippen LogP contribution in [0.25, 0.3) is 21.5 Å². The Balaban J connectivity index is 1.63. The Morgan fingerprint density at radius 3 is 2.00 bits per heavy atom. The first kappa shape index (κ1) is 17.6. The van der Waals surface area contributed by atoms with Crippen LogP contribution in [0.4, 0.5) is 16.4 Å². The van der Waals surface area contributed by atoms with Crippen LogP contribution in [-0.2, 0) is 0 Å². The first-order valence-electron chi connectivity index (χ1n) is 8.72. The number of para-hydroxylation sites is 2. The van der Waals surface area contributed by atoms with Gasteiger partial charge in [0.05, 0.1) is 11.7 Å². The van der Waals surface area contributed by atoms with Gasteiger partial charge in [0.1, 0.15) is 16.0 Å². The molecule has 0 N–H and O–H groups in total. The van der Waals surface area contributed by atoms with Gasteiger partial charge in [-0.15, -0.1) is 11.3 Å². The lowest BCUT2D eigenvalue weighted by atomic mass is 10.1. The lowest BCUT2D eigenvalue weighted by Gasteiger charge is -2.23. The monoisotopic (exact) mass is 463 g/mol. The maximum absolute atomic E-state index is 4.52. The van der Waals surface area contributed by atoms with Crippen LogP contribution in [0.2, 0.25) is 0 Å². The number of nitrogens with zero attached hydrogens (tertiary/aromatic N) is 3. The van der Waals surface area contributed by atoms with Crippen molar-refractivity contribution in [3.05, 3.63) is 89.4 Å². The second kappa shape index (κ2) is 7.47. The van der Waals surface area contributed by atoms with Gasteiger partial charge in [-0.1, -0.05) is 42.5 Å². The van der Waals surface area contributed by atoms with Gasteiger partial charge in [-0.25, -0.2) is 0 Å². The van der Waals surface area contributed by atoms with Crippen LogP contribution in [0.15, 0.2) is 89.4 Å². The van der Waals surface area contributed by atoms with E-state index in [1.165, 1.54) is 16.6 Å². The number of hydrogen-bond donors (Lipinski definition) is 0. The molecule has 0 fully saturated rings. The molecule has 2 aromatic heterocycles. The second-order valence-electron chi connectivity index (χ2n) is 6.20. The molecule has 0 radical (unpaired) electrons. The van der Waals surface area contributed by atoms with Gasteiger partial charge in [-0.2, -0.15) is 8.75 Å². The fourth-order valence-corrected chi connectivity index (χ4v) is 5.36. The summed E-state index contributed by atoms with van der Waals surface area (Å²) in [5.74, 6) is 0. The molecule has 3 nitrogen and oxygen atoms in total. The van der Waals surface area contributed by atoms with E-state index < -0.39 is 0 Å². The first-order valence-corrected chi connectivity index (χ1v) is 11.1. The zero-order valence-electron chi connectivity index (χ0n) is 14.6. The van der Waals surface area contributed by atoms with E-state index in [2.05, 4.69) is 96.3 Å². The van der Waals surface area contributed by atoms with Gasteiger partial charge in [0.25, 0.3) is 0 Å². The maximum Gasteiger partial charge on any atom is 0.119 e. The van der Waals surface area contributed by atoms with E-state index in [1.807, 2.05) is 18.2 Å². The molecule has 0 amide bonds. The third-order valence-electron chi connectivity index (χ3n) is 4.47.